The number of carbonyl (C=O) groups excluding carboxylic acids is 1. The zero-order valence-electron chi connectivity index (χ0n) is 20.8. The third kappa shape index (κ3) is 4.25. The number of aromatic nitrogens is 2. The molecule has 0 radical (unpaired) electrons. The molecule has 0 atom stereocenters. The van der Waals surface area contributed by atoms with E-state index in [1.54, 1.807) is 12.2 Å². The first-order valence-electron chi connectivity index (χ1n) is 12.7. The third-order valence-electron chi connectivity index (χ3n) is 7.00. The van der Waals surface area contributed by atoms with E-state index in [2.05, 4.69) is 77.4 Å². The SMILES string of the molecule is O=C(C=Cc1cn(C(c2ccccc2)(c2ccccc2)c2ccccc2)cn1)c1ccc2ccccc2c1. The van der Waals surface area contributed by atoms with Crippen molar-refractivity contribution >= 4 is 22.6 Å². The van der Waals surface area contributed by atoms with Crippen LogP contribution in [0.4, 0.5) is 0 Å². The van der Waals surface area contributed by atoms with Crippen molar-refractivity contribution in [2.45, 2.75) is 5.54 Å². The maximum absolute atomic E-state index is 13.0. The van der Waals surface area contributed by atoms with Gasteiger partial charge in [0.05, 0.1) is 12.0 Å². The van der Waals surface area contributed by atoms with E-state index in [0.717, 1.165) is 27.5 Å². The average molecular weight is 491 g/mol. The monoisotopic (exact) mass is 490 g/mol. The van der Waals surface area contributed by atoms with E-state index < -0.39 is 5.54 Å². The van der Waals surface area contributed by atoms with Gasteiger partial charge >= 0.3 is 0 Å². The van der Waals surface area contributed by atoms with Crippen molar-refractivity contribution in [3.05, 3.63) is 180 Å². The molecule has 6 rings (SSSR count). The van der Waals surface area contributed by atoms with E-state index in [0.29, 0.717) is 11.3 Å². The Balaban J connectivity index is 1.43. The van der Waals surface area contributed by atoms with Crippen molar-refractivity contribution in [1.29, 1.82) is 0 Å². The molecule has 0 aliphatic heterocycles. The van der Waals surface area contributed by atoms with Gasteiger partial charge in [-0.3, -0.25) is 4.79 Å². The molecule has 3 nitrogen and oxygen atoms in total. The first kappa shape index (κ1) is 23.4. The van der Waals surface area contributed by atoms with Crippen LogP contribution < -0.4 is 0 Å². The van der Waals surface area contributed by atoms with Gasteiger partial charge in [-0.1, -0.05) is 127 Å². The molecule has 0 fully saturated rings. The van der Waals surface area contributed by atoms with Crippen LogP contribution in [0.2, 0.25) is 0 Å². The van der Waals surface area contributed by atoms with Crippen LogP contribution in [0.25, 0.3) is 16.8 Å². The number of nitrogens with zero attached hydrogens (tertiary/aromatic N) is 2. The van der Waals surface area contributed by atoms with Crippen LogP contribution >= 0.6 is 0 Å². The van der Waals surface area contributed by atoms with Crippen molar-refractivity contribution in [3.63, 3.8) is 0 Å². The number of fused-ring (bicyclic) bond motifs is 1. The highest BCUT2D eigenvalue weighted by atomic mass is 16.1. The Morgan fingerprint density at radius 2 is 1.16 bits per heavy atom. The molecule has 182 valence electrons. The number of hydrogen-bond donors (Lipinski definition) is 0. The summed E-state index contributed by atoms with van der Waals surface area (Å²) < 4.78 is 2.15. The first-order valence-corrected chi connectivity index (χ1v) is 12.7. The molecule has 0 aliphatic carbocycles. The number of carbonyl (C=O) groups is 1. The van der Waals surface area contributed by atoms with Crippen LogP contribution in [0.15, 0.2) is 152 Å². The van der Waals surface area contributed by atoms with Crippen LogP contribution in [0.1, 0.15) is 32.7 Å². The van der Waals surface area contributed by atoms with Crippen LogP contribution in [0.5, 0.6) is 0 Å². The van der Waals surface area contributed by atoms with Gasteiger partial charge in [-0.15, -0.1) is 0 Å². The van der Waals surface area contributed by atoms with Crippen LogP contribution in [-0.2, 0) is 5.54 Å². The van der Waals surface area contributed by atoms with E-state index in [4.69, 9.17) is 4.98 Å². The molecule has 1 aromatic heterocycles. The van der Waals surface area contributed by atoms with E-state index in [1.165, 1.54) is 0 Å². The molecule has 0 saturated carbocycles. The fourth-order valence-electron chi connectivity index (χ4n) is 5.19. The molecule has 0 amide bonds. The van der Waals surface area contributed by atoms with E-state index in [9.17, 15) is 4.79 Å². The van der Waals surface area contributed by atoms with Gasteiger partial charge < -0.3 is 4.57 Å². The van der Waals surface area contributed by atoms with Gasteiger partial charge in [-0.25, -0.2) is 4.98 Å². The normalized spacial score (nSPS) is 11.7. The minimum absolute atomic E-state index is 0.0502. The summed E-state index contributed by atoms with van der Waals surface area (Å²) in [5, 5.41) is 2.17. The summed E-state index contributed by atoms with van der Waals surface area (Å²) in [5.41, 5.74) is 4.11. The highest BCUT2D eigenvalue weighted by molar-refractivity contribution is 6.08. The fourth-order valence-corrected chi connectivity index (χ4v) is 5.19. The van der Waals surface area contributed by atoms with Crippen molar-refractivity contribution in [1.82, 2.24) is 9.55 Å². The summed E-state index contributed by atoms with van der Waals surface area (Å²) in [7, 11) is 0. The Kier molecular flexibility index (Phi) is 6.25. The molecular formula is C35H26N2O. The van der Waals surface area contributed by atoms with Crippen LogP contribution in [0, 0.1) is 0 Å². The first-order chi connectivity index (χ1) is 18.7. The summed E-state index contributed by atoms with van der Waals surface area (Å²) in [6.07, 6.45) is 7.26. The van der Waals surface area contributed by atoms with Gasteiger partial charge in [0.1, 0.15) is 5.54 Å². The number of hydrogen-bond acceptors (Lipinski definition) is 2. The number of ketones is 1. The molecule has 0 spiro atoms. The maximum Gasteiger partial charge on any atom is 0.185 e. The van der Waals surface area contributed by atoms with Crippen LogP contribution in [-0.4, -0.2) is 15.3 Å². The Morgan fingerprint density at radius 3 is 1.74 bits per heavy atom. The molecule has 0 aliphatic rings. The summed E-state index contributed by atoms with van der Waals surface area (Å²) in [6, 6.07) is 45.2. The molecule has 0 N–H and O–H groups in total. The van der Waals surface area contributed by atoms with Gasteiger partial charge in [0.25, 0.3) is 0 Å². The summed E-state index contributed by atoms with van der Waals surface area (Å²) in [5.74, 6) is -0.0502. The quantitative estimate of drug-likeness (QED) is 0.130. The number of benzene rings is 5. The second kappa shape index (κ2) is 10.2. The van der Waals surface area contributed by atoms with Crippen molar-refractivity contribution < 1.29 is 4.79 Å². The molecule has 6 aromatic rings. The second-order valence-corrected chi connectivity index (χ2v) is 9.27. The molecule has 38 heavy (non-hydrogen) atoms. The van der Waals surface area contributed by atoms with E-state index >= 15 is 0 Å². The lowest BCUT2D eigenvalue weighted by molar-refractivity contribution is 0.104. The number of imidazole rings is 1. The minimum Gasteiger partial charge on any atom is -0.318 e. The van der Waals surface area contributed by atoms with Crippen molar-refractivity contribution in [2.75, 3.05) is 0 Å². The Bertz CT molecular complexity index is 1620. The van der Waals surface area contributed by atoms with Gasteiger partial charge in [0.2, 0.25) is 0 Å². The number of rotatable bonds is 7. The Hall–Kier alpha value is -5.02. The molecule has 5 aromatic carbocycles. The summed E-state index contributed by atoms with van der Waals surface area (Å²) >= 11 is 0. The smallest absolute Gasteiger partial charge is 0.185 e. The second-order valence-electron chi connectivity index (χ2n) is 9.27. The van der Waals surface area contributed by atoms with Crippen molar-refractivity contribution in [3.8, 4) is 0 Å². The zero-order valence-corrected chi connectivity index (χ0v) is 20.8. The Labute approximate surface area is 222 Å². The molecular weight excluding hydrogens is 464 g/mol. The predicted octanol–water partition coefficient (Wildman–Crippen LogP) is 7.77. The average Bonchev–Trinajstić information content (AvgIpc) is 3.47. The molecule has 1 heterocycles. The topological polar surface area (TPSA) is 34.9 Å². The lowest BCUT2D eigenvalue weighted by Crippen LogP contribution is -2.36. The van der Waals surface area contributed by atoms with E-state index in [1.807, 2.05) is 73.2 Å². The molecule has 0 saturated heterocycles. The Morgan fingerprint density at radius 1 is 0.632 bits per heavy atom. The predicted molar refractivity (Wildman–Crippen MR) is 154 cm³/mol. The highest BCUT2D eigenvalue weighted by Gasteiger charge is 2.38. The third-order valence-corrected chi connectivity index (χ3v) is 7.00. The van der Waals surface area contributed by atoms with Gasteiger partial charge in [0, 0.05) is 11.8 Å². The zero-order chi connectivity index (χ0) is 25.8. The van der Waals surface area contributed by atoms with Crippen molar-refractivity contribution in [2.24, 2.45) is 0 Å². The standard InChI is InChI=1S/C35H26N2O/c38-34(29-21-20-27-12-10-11-13-28(27)24-29)23-22-33-25-37(26-36-33)35(30-14-4-1-5-15-30,31-16-6-2-7-17-31)32-18-8-3-9-19-32/h1-26H. The summed E-state index contributed by atoms with van der Waals surface area (Å²) in [4.78, 5) is 17.7. The largest absolute Gasteiger partial charge is 0.318 e. The molecule has 0 bridgehead atoms. The summed E-state index contributed by atoms with van der Waals surface area (Å²) in [6.45, 7) is 0. The fraction of sp³-hybridized carbons (Fsp3) is 0.0286. The molecule has 0 unspecified atom stereocenters. The van der Waals surface area contributed by atoms with Crippen LogP contribution in [0.3, 0.4) is 0 Å². The van der Waals surface area contributed by atoms with E-state index in [-0.39, 0.29) is 5.78 Å². The maximum atomic E-state index is 13.0. The lowest BCUT2D eigenvalue weighted by atomic mass is 9.77. The van der Waals surface area contributed by atoms with Gasteiger partial charge in [0.15, 0.2) is 5.78 Å². The number of allylic oxidation sites excluding steroid dienone is 1. The minimum atomic E-state index is -0.634. The van der Waals surface area contributed by atoms with Gasteiger partial charge in [-0.2, -0.15) is 0 Å². The lowest BCUT2D eigenvalue weighted by Gasteiger charge is -2.37. The molecule has 3 heteroatoms. The van der Waals surface area contributed by atoms with Gasteiger partial charge in [-0.05, 0) is 45.7 Å². The highest BCUT2D eigenvalue weighted by Crippen LogP contribution is 2.40.